The first-order valence-electron chi connectivity index (χ1n) is 3.87. The van der Waals surface area contributed by atoms with Crippen molar-refractivity contribution >= 4 is 0 Å². The predicted molar refractivity (Wildman–Crippen MR) is 38.8 cm³/mol. The molecular formula is C9H13. The van der Waals surface area contributed by atoms with Crippen LogP contribution in [0.3, 0.4) is 0 Å². The quantitative estimate of drug-likeness (QED) is 0.467. The molecule has 0 heteroatoms. The van der Waals surface area contributed by atoms with Gasteiger partial charge in [-0.15, -0.1) is 0 Å². The molecule has 0 heterocycles. The molecule has 2 aliphatic rings. The van der Waals surface area contributed by atoms with E-state index in [4.69, 9.17) is 0 Å². The monoisotopic (exact) mass is 121 g/mol. The van der Waals surface area contributed by atoms with E-state index in [9.17, 15) is 0 Å². The Morgan fingerprint density at radius 3 is 2.89 bits per heavy atom. The third kappa shape index (κ3) is 0.910. The molecule has 0 saturated heterocycles. The highest BCUT2D eigenvalue weighted by Gasteiger charge is 2.38. The molecule has 0 amide bonds. The molecular weight excluding hydrogens is 108 g/mol. The largest absolute Gasteiger partial charge is 0.0851 e. The number of hydrogen-bond acceptors (Lipinski definition) is 0. The fraction of sp³-hybridized carbons (Fsp3) is 0.667. The molecule has 3 atom stereocenters. The molecule has 9 heavy (non-hydrogen) atoms. The maximum atomic E-state index is 3.91. The molecule has 2 aliphatic carbocycles. The van der Waals surface area contributed by atoms with Gasteiger partial charge in [0.2, 0.25) is 0 Å². The summed E-state index contributed by atoms with van der Waals surface area (Å²) in [6.07, 6.45) is 8.74. The second-order valence-corrected chi connectivity index (χ2v) is 3.33. The molecule has 0 nitrogen and oxygen atoms in total. The molecule has 0 spiro atoms. The van der Waals surface area contributed by atoms with Crippen LogP contribution in [0, 0.1) is 24.7 Å². The zero-order chi connectivity index (χ0) is 6.27. The Morgan fingerprint density at radius 2 is 2.22 bits per heavy atom. The van der Waals surface area contributed by atoms with Crippen molar-refractivity contribution in [3.05, 3.63) is 19.1 Å². The van der Waals surface area contributed by atoms with Crippen LogP contribution in [-0.2, 0) is 0 Å². The van der Waals surface area contributed by atoms with Crippen molar-refractivity contribution in [3.63, 3.8) is 0 Å². The maximum Gasteiger partial charge on any atom is -0.0202 e. The summed E-state index contributed by atoms with van der Waals surface area (Å²) in [7, 11) is 0. The van der Waals surface area contributed by atoms with Gasteiger partial charge < -0.3 is 0 Å². The smallest absolute Gasteiger partial charge is 0.0202 e. The van der Waals surface area contributed by atoms with Crippen molar-refractivity contribution < 1.29 is 0 Å². The average Bonchev–Trinajstić information content (AvgIpc) is 2.64. The lowest BCUT2D eigenvalue weighted by Crippen LogP contribution is -2.00. The molecule has 0 N–H and O–H groups in total. The van der Waals surface area contributed by atoms with E-state index in [2.05, 4.69) is 19.1 Å². The number of rotatable bonds is 1. The Hall–Kier alpha value is -0.260. The van der Waals surface area contributed by atoms with Gasteiger partial charge >= 0.3 is 0 Å². The molecule has 3 unspecified atom stereocenters. The molecule has 1 radical (unpaired) electrons. The minimum Gasteiger partial charge on any atom is -0.0851 e. The SMILES string of the molecule is [CH2]CC1C=CC2CC2C1. The highest BCUT2D eigenvalue weighted by Crippen LogP contribution is 2.48. The first-order chi connectivity index (χ1) is 4.40. The Balaban J connectivity index is 2.00. The Labute approximate surface area is 57.0 Å². The molecule has 1 saturated carbocycles. The van der Waals surface area contributed by atoms with Crippen LogP contribution >= 0.6 is 0 Å². The van der Waals surface area contributed by atoms with Crippen LogP contribution in [0.25, 0.3) is 0 Å². The standard InChI is InChI=1S/C9H13/c1-2-7-3-4-8-6-9(8)5-7/h3-4,7-9H,1-2,5-6H2. The van der Waals surface area contributed by atoms with E-state index in [-0.39, 0.29) is 0 Å². The summed E-state index contributed by atoms with van der Waals surface area (Å²) >= 11 is 0. The van der Waals surface area contributed by atoms with Gasteiger partial charge in [0, 0.05) is 0 Å². The van der Waals surface area contributed by atoms with Gasteiger partial charge in [-0.25, -0.2) is 0 Å². The zero-order valence-electron chi connectivity index (χ0n) is 5.72. The fourth-order valence-electron chi connectivity index (χ4n) is 1.76. The Morgan fingerprint density at radius 1 is 1.33 bits per heavy atom. The van der Waals surface area contributed by atoms with Crippen molar-refractivity contribution in [2.45, 2.75) is 19.3 Å². The molecule has 0 aromatic rings. The van der Waals surface area contributed by atoms with Gasteiger partial charge in [0.15, 0.2) is 0 Å². The third-order valence-electron chi connectivity index (χ3n) is 2.58. The van der Waals surface area contributed by atoms with Crippen LogP contribution in [0.4, 0.5) is 0 Å². The fourth-order valence-corrected chi connectivity index (χ4v) is 1.76. The van der Waals surface area contributed by atoms with E-state index in [1.54, 1.807) is 0 Å². The van der Waals surface area contributed by atoms with Crippen LogP contribution in [0.2, 0.25) is 0 Å². The molecule has 0 bridgehead atoms. The topological polar surface area (TPSA) is 0 Å². The van der Waals surface area contributed by atoms with Crippen LogP contribution in [-0.4, -0.2) is 0 Å². The van der Waals surface area contributed by atoms with Gasteiger partial charge in [0.1, 0.15) is 0 Å². The summed E-state index contributed by atoms with van der Waals surface area (Å²) < 4.78 is 0. The molecule has 0 aromatic heterocycles. The maximum absolute atomic E-state index is 3.91. The lowest BCUT2D eigenvalue weighted by molar-refractivity contribution is 0.518. The second-order valence-electron chi connectivity index (χ2n) is 3.33. The minimum atomic E-state index is 0.814. The molecule has 2 rings (SSSR count). The second kappa shape index (κ2) is 1.86. The van der Waals surface area contributed by atoms with Gasteiger partial charge in [-0.05, 0) is 37.0 Å². The molecule has 1 fully saturated rings. The molecule has 0 aliphatic heterocycles. The van der Waals surface area contributed by atoms with Crippen molar-refractivity contribution in [1.82, 2.24) is 0 Å². The van der Waals surface area contributed by atoms with Gasteiger partial charge in [0.05, 0.1) is 0 Å². The van der Waals surface area contributed by atoms with Gasteiger partial charge in [-0.2, -0.15) is 0 Å². The van der Waals surface area contributed by atoms with Gasteiger partial charge in [-0.1, -0.05) is 19.1 Å². The number of allylic oxidation sites excluding steroid dienone is 2. The lowest BCUT2D eigenvalue weighted by Gasteiger charge is -2.12. The van der Waals surface area contributed by atoms with Crippen LogP contribution in [0.5, 0.6) is 0 Å². The Kier molecular flexibility index (Phi) is 1.14. The summed E-state index contributed by atoms with van der Waals surface area (Å²) in [5.41, 5.74) is 0. The summed E-state index contributed by atoms with van der Waals surface area (Å²) in [4.78, 5) is 0. The van der Waals surface area contributed by atoms with E-state index in [0.717, 1.165) is 24.2 Å². The average molecular weight is 121 g/mol. The van der Waals surface area contributed by atoms with E-state index in [1.807, 2.05) is 0 Å². The molecule has 49 valence electrons. The zero-order valence-corrected chi connectivity index (χ0v) is 5.72. The first kappa shape index (κ1) is 5.52. The summed E-state index contributed by atoms with van der Waals surface area (Å²) in [6, 6.07) is 0. The molecule has 0 aromatic carbocycles. The Bertz CT molecular complexity index is 135. The first-order valence-corrected chi connectivity index (χ1v) is 3.87. The number of fused-ring (bicyclic) bond motifs is 1. The van der Waals surface area contributed by atoms with Gasteiger partial charge in [0.25, 0.3) is 0 Å². The highest BCUT2D eigenvalue weighted by molar-refractivity contribution is 5.09. The van der Waals surface area contributed by atoms with E-state index < -0.39 is 0 Å². The van der Waals surface area contributed by atoms with Crippen molar-refractivity contribution in [2.24, 2.45) is 17.8 Å². The van der Waals surface area contributed by atoms with Crippen molar-refractivity contribution in [2.75, 3.05) is 0 Å². The van der Waals surface area contributed by atoms with E-state index >= 15 is 0 Å². The summed E-state index contributed by atoms with van der Waals surface area (Å²) in [5, 5.41) is 0. The van der Waals surface area contributed by atoms with Crippen molar-refractivity contribution in [3.8, 4) is 0 Å². The summed E-state index contributed by atoms with van der Waals surface area (Å²) in [5.74, 6) is 2.85. The number of hydrogen-bond donors (Lipinski definition) is 0. The van der Waals surface area contributed by atoms with Crippen LogP contribution < -0.4 is 0 Å². The van der Waals surface area contributed by atoms with Gasteiger partial charge in [-0.3, -0.25) is 0 Å². The predicted octanol–water partition coefficient (Wildman–Crippen LogP) is 2.42. The highest BCUT2D eigenvalue weighted by atomic mass is 14.4. The van der Waals surface area contributed by atoms with Crippen LogP contribution in [0.1, 0.15) is 19.3 Å². The third-order valence-corrected chi connectivity index (χ3v) is 2.58. The minimum absolute atomic E-state index is 0.814. The normalized spacial score (nSPS) is 46.6. The van der Waals surface area contributed by atoms with E-state index in [1.165, 1.54) is 12.8 Å². The van der Waals surface area contributed by atoms with Crippen molar-refractivity contribution in [1.29, 1.82) is 0 Å². The summed E-state index contributed by atoms with van der Waals surface area (Å²) in [6.45, 7) is 3.91. The van der Waals surface area contributed by atoms with E-state index in [0.29, 0.717) is 0 Å². The lowest BCUT2D eigenvalue weighted by atomic mass is 9.94. The van der Waals surface area contributed by atoms with Crippen LogP contribution in [0.15, 0.2) is 12.2 Å².